The van der Waals surface area contributed by atoms with Crippen molar-refractivity contribution in [3.63, 3.8) is 0 Å². The van der Waals surface area contributed by atoms with Gasteiger partial charge in [-0.2, -0.15) is 0 Å². The van der Waals surface area contributed by atoms with Crippen LogP contribution in [-0.4, -0.2) is 23.5 Å². The third kappa shape index (κ3) is 4.13. The Kier molecular flexibility index (Phi) is 6.02. The summed E-state index contributed by atoms with van der Waals surface area (Å²) in [6.07, 6.45) is 2.73. The van der Waals surface area contributed by atoms with Gasteiger partial charge in [0.2, 0.25) is 0 Å². The maximum atomic E-state index is 13.2. The van der Waals surface area contributed by atoms with E-state index in [1.165, 1.54) is 22.7 Å². The minimum atomic E-state index is -0.379. The number of nitrogens with one attached hydrogen (secondary N) is 1. The molecule has 1 atom stereocenters. The first kappa shape index (κ1) is 22.7. The van der Waals surface area contributed by atoms with E-state index >= 15 is 0 Å². The van der Waals surface area contributed by atoms with Gasteiger partial charge in [0.1, 0.15) is 14.7 Å². The number of anilines is 2. The van der Waals surface area contributed by atoms with Crippen molar-refractivity contribution in [2.45, 2.75) is 53.9 Å². The van der Waals surface area contributed by atoms with Gasteiger partial charge in [0.15, 0.2) is 0 Å². The molecule has 3 aromatic rings. The van der Waals surface area contributed by atoms with Crippen LogP contribution >= 0.6 is 22.7 Å². The van der Waals surface area contributed by atoms with Crippen molar-refractivity contribution >= 4 is 55.5 Å². The Balaban J connectivity index is 1.70. The van der Waals surface area contributed by atoms with Gasteiger partial charge < -0.3 is 15.8 Å². The average Bonchev–Trinajstić information content (AvgIpc) is 3.23. The Morgan fingerprint density at radius 3 is 2.72 bits per heavy atom. The molecule has 0 radical (unpaired) electrons. The van der Waals surface area contributed by atoms with Crippen LogP contribution in [0.1, 0.15) is 70.3 Å². The molecule has 3 N–H and O–H groups in total. The number of esters is 1. The fourth-order valence-electron chi connectivity index (χ4n) is 4.25. The van der Waals surface area contributed by atoms with Crippen molar-refractivity contribution < 1.29 is 14.3 Å². The molecule has 1 aliphatic carbocycles. The van der Waals surface area contributed by atoms with E-state index in [9.17, 15) is 9.59 Å². The summed E-state index contributed by atoms with van der Waals surface area (Å²) in [6.45, 7) is 10.7. The maximum Gasteiger partial charge on any atom is 0.341 e. The van der Waals surface area contributed by atoms with Gasteiger partial charge in [0.05, 0.1) is 17.9 Å². The van der Waals surface area contributed by atoms with Gasteiger partial charge >= 0.3 is 5.97 Å². The summed E-state index contributed by atoms with van der Waals surface area (Å²) < 4.78 is 5.34. The molecule has 0 saturated carbocycles. The highest BCUT2D eigenvalue weighted by Gasteiger charge is 2.34. The fraction of sp³-hybridized carbons (Fsp3) is 0.458. The molecule has 3 aromatic heterocycles. The molecule has 1 unspecified atom stereocenters. The number of pyridine rings is 1. The lowest BCUT2D eigenvalue weighted by Crippen LogP contribution is -2.26. The van der Waals surface area contributed by atoms with E-state index in [-0.39, 0.29) is 23.9 Å². The summed E-state index contributed by atoms with van der Waals surface area (Å²) in [5.41, 5.74) is 9.27. The molecule has 32 heavy (non-hydrogen) atoms. The number of thiophene rings is 2. The third-order valence-electron chi connectivity index (χ3n) is 6.14. The van der Waals surface area contributed by atoms with Crippen molar-refractivity contribution in [1.29, 1.82) is 0 Å². The molecular formula is C24H29N3O3S2. The molecule has 0 aliphatic heterocycles. The lowest BCUT2D eigenvalue weighted by Gasteiger charge is -2.33. The van der Waals surface area contributed by atoms with Gasteiger partial charge in [0.25, 0.3) is 5.91 Å². The molecule has 3 heterocycles. The minimum Gasteiger partial charge on any atom is -0.462 e. The largest absolute Gasteiger partial charge is 0.462 e. The smallest absolute Gasteiger partial charge is 0.341 e. The molecule has 170 valence electrons. The number of fused-ring (bicyclic) bond motifs is 2. The summed E-state index contributed by atoms with van der Waals surface area (Å²) in [6, 6.07) is 3.77. The first-order chi connectivity index (χ1) is 15.1. The molecule has 0 bridgehead atoms. The number of rotatable bonds is 4. The molecule has 6 nitrogen and oxygen atoms in total. The Bertz CT molecular complexity index is 1200. The number of nitrogens with two attached hydrogens (primary N) is 1. The second-order valence-electron chi connectivity index (χ2n) is 9.34. The first-order valence-corrected chi connectivity index (χ1v) is 12.5. The van der Waals surface area contributed by atoms with E-state index in [4.69, 9.17) is 10.5 Å². The Hall–Kier alpha value is -2.45. The van der Waals surface area contributed by atoms with E-state index < -0.39 is 0 Å². The minimum absolute atomic E-state index is 0.186. The lowest BCUT2D eigenvalue weighted by atomic mass is 9.72. The summed E-state index contributed by atoms with van der Waals surface area (Å²) in [7, 11) is 0. The van der Waals surface area contributed by atoms with Crippen LogP contribution in [0.4, 0.5) is 10.7 Å². The number of ether oxygens (including phenoxy) is 1. The highest BCUT2D eigenvalue weighted by molar-refractivity contribution is 7.21. The number of nitrogens with zero attached hydrogens (tertiary/aromatic N) is 1. The highest BCUT2D eigenvalue weighted by atomic mass is 32.1. The number of hydrogen-bond acceptors (Lipinski definition) is 7. The van der Waals surface area contributed by atoms with Gasteiger partial charge in [-0.3, -0.25) is 4.79 Å². The van der Waals surface area contributed by atoms with Crippen molar-refractivity contribution in [2.24, 2.45) is 11.3 Å². The Morgan fingerprint density at radius 2 is 2.03 bits per heavy atom. The summed E-state index contributed by atoms with van der Waals surface area (Å²) >= 11 is 2.76. The summed E-state index contributed by atoms with van der Waals surface area (Å²) in [5.74, 6) is -0.171. The van der Waals surface area contributed by atoms with Crippen molar-refractivity contribution in [3.05, 3.63) is 38.7 Å². The standard InChI is InChI=1S/C24H29N3O3S2/c1-6-30-23(29)17-14-10-8-13(24(3,4)5)11-16(14)31-22(17)27-20(28)19-18(25)15-9-7-12(2)26-21(15)32-19/h7,9,13H,6,8,10-11,25H2,1-5H3,(H,27,28). The molecule has 8 heteroatoms. The zero-order valence-corrected chi connectivity index (χ0v) is 20.8. The van der Waals surface area contributed by atoms with E-state index in [1.807, 2.05) is 19.1 Å². The van der Waals surface area contributed by atoms with E-state index in [0.29, 0.717) is 27.0 Å². The summed E-state index contributed by atoms with van der Waals surface area (Å²) in [4.78, 5) is 32.8. The van der Waals surface area contributed by atoms with Gasteiger partial charge in [-0.15, -0.1) is 22.7 Å². The van der Waals surface area contributed by atoms with Crippen molar-refractivity contribution in [3.8, 4) is 0 Å². The number of carbonyl (C=O) groups is 2. The SMILES string of the molecule is CCOC(=O)c1c(NC(=O)c2sc3nc(C)ccc3c2N)sc2c1CCC(C(C)(C)C)C2. The van der Waals surface area contributed by atoms with Crippen LogP contribution in [0.5, 0.6) is 0 Å². The van der Waals surface area contributed by atoms with Crippen LogP contribution < -0.4 is 11.1 Å². The predicted octanol–water partition coefficient (Wildman–Crippen LogP) is 5.83. The van der Waals surface area contributed by atoms with Gasteiger partial charge in [0, 0.05) is 16.0 Å². The van der Waals surface area contributed by atoms with E-state index in [0.717, 1.165) is 45.6 Å². The number of nitrogen functional groups attached to an aromatic ring is 1. The zero-order valence-electron chi connectivity index (χ0n) is 19.1. The van der Waals surface area contributed by atoms with E-state index in [2.05, 4.69) is 31.1 Å². The van der Waals surface area contributed by atoms with Gasteiger partial charge in [-0.1, -0.05) is 20.8 Å². The molecule has 4 rings (SSSR count). The quantitative estimate of drug-likeness (QED) is 0.467. The van der Waals surface area contributed by atoms with Crippen LogP contribution in [-0.2, 0) is 17.6 Å². The monoisotopic (exact) mass is 471 g/mol. The predicted molar refractivity (Wildman–Crippen MR) is 132 cm³/mol. The van der Waals surface area contributed by atoms with Crippen molar-refractivity contribution in [2.75, 3.05) is 17.7 Å². The summed E-state index contributed by atoms with van der Waals surface area (Å²) in [5, 5.41) is 4.30. The number of aryl methyl sites for hydroxylation is 1. The van der Waals surface area contributed by atoms with Gasteiger partial charge in [-0.05, 0) is 62.1 Å². The highest BCUT2D eigenvalue weighted by Crippen LogP contribution is 2.45. The normalized spacial score (nSPS) is 16.1. The van der Waals surface area contributed by atoms with Crippen LogP contribution in [0.3, 0.4) is 0 Å². The molecule has 0 spiro atoms. The molecule has 0 fully saturated rings. The molecule has 1 aliphatic rings. The maximum absolute atomic E-state index is 13.2. The number of aromatic nitrogens is 1. The topological polar surface area (TPSA) is 94.3 Å². The van der Waals surface area contributed by atoms with Crippen molar-refractivity contribution in [1.82, 2.24) is 4.98 Å². The first-order valence-electron chi connectivity index (χ1n) is 10.9. The second kappa shape index (κ2) is 8.48. The van der Waals surface area contributed by atoms with Crippen LogP contribution in [0.15, 0.2) is 12.1 Å². The molecule has 1 amide bonds. The van der Waals surface area contributed by atoms with E-state index in [1.54, 1.807) is 6.92 Å². The number of hydrogen-bond donors (Lipinski definition) is 2. The Labute approximate surface area is 196 Å². The zero-order chi connectivity index (χ0) is 23.2. The number of amides is 1. The molecule has 0 saturated heterocycles. The van der Waals surface area contributed by atoms with Crippen LogP contribution in [0.2, 0.25) is 0 Å². The average molecular weight is 472 g/mol. The second-order valence-corrected chi connectivity index (χ2v) is 11.4. The van der Waals surface area contributed by atoms with Crippen LogP contribution in [0.25, 0.3) is 10.2 Å². The van der Waals surface area contributed by atoms with Crippen LogP contribution in [0, 0.1) is 18.3 Å². The third-order valence-corrected chi connectivity index (χ3v) is 8.42. The fourth-order valence-corrected chi connectivity index (χ4v) is 6.60. The molecular weight excluding hydrogens is 442 g/mol. The lowest BCUT2D eigenvalue weighted by molar-refractivity contribution is 0.0526. The number of carbonyl (C=O) groups excluding carboxylic acids is 2. The molecule has 0 aromatic carbocycles. The Morgan fingerprint density at radius 1 is 1.28 bits per heavy atom. The van der Waals surface area contributed by atoms with Gasteiger partial charge in [-0.25, -0.2) is 9.78 Å².